The fourth-order valence-electron chi connectivity index (χ4n) is 3.49. The van der Waals surface area contributed by atoms with Crippen LogP contribution in [0.3, 0.4) is 0 Å². The fourth-order valence-corrected chi connectivity index (χ4v) is 3.49. The summed E-state index contributed by atoms with van der Waals surface area (Å²) < 4.78 is 11.6. The third-order valence-corrected chi connectivity index (χ3v) is 4.73. The fraction of sp³-hybridized carbons (Fsp3) is 0.444. The van der Waals surface area contributed by atoms with Gasteiger partial charge < -0.3 is 19.6 Å². The van der Waals surface area contributed by atoms with Gasteiger partial charge in [-0.25, -0.2) is 0 Å². The van der Waals surface area contributed by atoms with E-state index < -0.39 is 5.54 Å². The predicted molar refractivity (Wildman–Crippen MR) is 91.2 cm³/mol. The molecular weight excluding hydrogens is 304 g/mol. The number of benzene rings is 1. The molecule has 0 aliphatic heterocycles. The molecule has 2 N–H and O–H groups in total. The molecule has 0 spiro atoms. The summed E-state index contributed by atoms with van der Waals surface area (Å²) >= 11 is 0. The zero-order chi connectivity index (χ0) is 16.7. The van der Waals surface area contributed by atoms with E-state index >= 15 is 0 Å². The van der Waals surface area contributed by atoms with Gasteiger partial charge in [-0.3, -0.25) is 0 Å². The quantitative estimate of drug-likeness (QED) is 0.792. The summed E-state index contributed by atoms with van der Waals surface area (Å²) in [4.78, 5) is 6.68. The van der Waals surface area contributed by atoms with Gasteiger partial charge in [0.25, 0.3) is 5.89 Å². The van der Waals surface area contributed by atoms with Crippen molar-refractivity contribution >= 4 is 11.0 Å². The SMILES string of the molecule is CN(C)Cc1c(-c2nc(C3(N)CCCC3)no2)oc2ccccc12. The minimum absolute atomic E-state index is 0.412. The summed E-state index contributed by atoms with van der Waals surface area (Å²) in [5.74, 6) is 1.64. The minimum Gasteiger partial charge on any atom is -0.451 e. The molecule has 6 heteroatoms. The highest BCUT2D eigenvalue weighted by Gasteiger charge is 2.36. The van der Waals surface area contributed by atoms with Crippen molar-refractivity contribution in [2.75, 3.05) is 14.1 Å². The highest BCUT2D eigenvalue weighted by Crippen LogP contribution is 2.37. The van der Waals surface area contributed by atoms with E-state index in [0.29, 0.717) is 17.5 Å². The van der Waals surface area contributed by atoms with Crippen LogP contribution in [0.5, 0.6) is 0 Å². The highest BCUT2D eigenvalue weighted by atomic mass is 16.5. The Hall–Kier alpha value is -2.18. The Kier molecular flexibility index (Phi) is 3.66. The number of fused-ring (bicyclic) bond motifs is 1. The van der Waals surface area contributed by atoms with Crippen LogP contribution in [0.1, 0.15) is 37.1 Å². The van der Waals surface area contributed by atoms with Crippen molar-refractivity contribution in [3.63, 3.8) is 0 Å². The monoisotopic (exact) mass is 326 g/mol. The first-order valence-electron chi connectivity index (χ1n) is 8.35. The van der Waals surface area contributed by atoms with Crippen molar-refractivity contribution in [2.45, 2.75) is 37.8 Å². The van der Waals surface area contributed by atoms with Crippen LogP contribution in [-0.2, 0) is 12.1 Å². The molecule has 1 aliphatic rings. The lowest BCUT2D eigenvalue weighted by Gasteiger charge is -2.17. The van der Waals surface area contributed by atoms with Crippen molar-refractivity contribution < 1.29 is 8.94 Å². The molecule has 1 fully saturated rings. The van der Waals surface area contributed by atoms with Crippen molar-refractivity contribution in [2.24, 2.45) is 5.73 Å². The number of rotatable bonds is 4. The van der Waals surface area contributed by atoms with E-state index in [1.807, 2.05) is 32.3 Å². The Labute approximate surface area is 140 Å². The molecule has 1 saturated carbocycles. The molecule has 2 heterocycles. The molecule has 6 nitrogen and oxygen atoms in total. The summed E-state index contributed by atoms with van der Waals surface area (Å²) in [6.45, 7) is 0.734. The minimum atomic E-state index is -0.463. The van der Waals surface area contributed by atoms with E-state index in [1.54, 1.807) is 0 Å². The van der Waals surface area contributed by atoms with E-state index in [-0.39, 0.29) is 0 Å². The topological polar surface area (TPSA) is 81.3 Å². The van der Waals surface area contributed by atoms with E-state index in [2.05, 4.69) is 21.1 Å². The van der Waals surface area contributed by atoms with Crippen LogP contribution in [0, 0.1) is 0 Å². The Balaban J connectivity index is 1.80. The van der Waals surface area contributed by atoms with Gasteiger partial charge >= 0.3 is 0 Å². The largest absolute Gasteiger partial charge is 0.451 e. The first-order chi connectivity index (χ1) is 11.6. The van der Waals surface area contributed by atoms with Gasteiger partial charge in [-0.2, -0.15) is 4.98 Å². The standard InChI is InChI=1S/C18H22N4O2/c1-22(2)11-13-12-7-3-4-8-14(12)23-15(13)16-20-17(21-24-16)18(19)9-5-6-10-18/h3-4,7-8H,5-6,9-11,19H2,1-2H3. The second kappa shape index (κ2) is 5.72. The third-order valence-electron chi connectivity index (χ3n) is 4.73. The van der Waals surface area contributed by atoms with Crippen molar-refractivity contribution in [1.82, 2.24) is 15.0 Å². The lowest BCUT2D eigenvalue weighted by molar-refractivity contribution is 0.367. The average molecular weight is 326 g/mol. The molecular formula is C18H22N4O2. The second-order valence-corrected chi connectivity index (χ2v) is 6.93. The van der Waals surface area contributed by atoms with Gasteiger partial charge in [-0.05, 0) is 33.0 Å². The molecule has 0 atom stereocenters. The normalized spacial score (nSPS) is 17.2. The number of aromatic nitrogens is 2. The summed E-state index contributed by atoms with van der Waals surface area (Å²) in [6.07, 6.45) is 4.01. The van der Waals surface area contributed by atoms with Gasteiger partial charge in [0.15, 0.2) is 11.6 Å². The van der Waals surface area contributed by atoms with E-state index in [9.17, 15) is 0 Å². The van der Waals surface area contributed by atoms with Crippen LogP contribution in [-0.4, -0.2) is 29.1 Å². The molecule has 0 unspecified atom stereocenters. The Morgan fingerprint density at radius 2 is 1.96 bits per heavy atom. The zero-order valence-electron chi connectivity index (χ0n) is 14.1. The molecule has 0 saturated heterocycles. The lowest BCUT2D eigenvalue weighted by atomic mass is 9.99. The van der Waals surface area contributed by atoms with Crippen LogP contribution in [0.25, 0.3) is 22.6 Å². The number of nitrogens with two attached hydrogens (primary N) is 1. The zero-order valence-corrected chi connectivity index (χ0v) is 14.1. The number of para-hydroxylation sites is 1. The third kappa shape index (κ3) is 2.52. The maximum Gasteiger partial charge on any atom is 0.294 e. The van der Waals surface area contributed by atoms with Gasteiger partial charge in [0.1, 0.15) is 5.58 Å². The first-order valence-corrected chi connectivity index (χ1v) is 8.35. The van der Waals surface area contributed by atoms with Gasteiger partial charge in [0.05, 0.1) is 5.54 Å². The second-order valence-electron chi connectivity index (χ2n) is 6.93. The Morgan fingerprint density at radius 1 is 1.21 bits per heavy atom. The molecule has 4 rings (SSSR count). The maximum atomic E-state index is 6.44. The first kappa shape index (κ1) is 15.4. The van der Waals surface area contributed by atoms with Gasteiger partial charge in [0.2, 0.25) is 0 Å². The molecule has 1 aromatic carbocycles. The Morgan fingerprint density at radius 3 is 2.71 bits per heavy atom. The lowest BCUT2D eigenvalue weighted by Crippen LogP contribution is -2.34. The van der Waals surface area contributed by atoms with Crippen LogP contribution >= 0.6 is 0 Å². The number of nitrogens with zero attached hydrogens (tertiary/aromatic N) is 3. The van der Waals surface area contributed by atoms with Crippen LogP contribution < -0.4 is 5.73 Å². The summed E-state index contributed by atoms with van der Waals surface area (Å²) in [5.41, 5.74) is 7.86. The van der Waals surface area contributed by atoms with Crippen LogP contribution in [0.15, 0.2) is 33.2 Å². The number of hydrogen-bond acceptors (Lipinski definition) is 6. The molecule has 126 valence electrons. The number of furan rings is 1. The predicted octanol–water partition coefficient (Wildman–Crippen LogP) is 3.27. The van der Waals surface area contributed by atoms with Crippen molar-refractivity contribution in [1.29, 1.82) is 0 Å². The van der Waals surface area contributed by atoms with Gasteiger partial charge in [-0.15, -0.1) is 0 Å². The van der Waals surface area contributed by atoms with Crippen molar-refractivity contribution in [3.05, 3.63) is 35.7 Å². The summed E-state index contributed by atoms with van der Waals surface area (Å²) in [7, 11) is 4.05. The van der Waals surface area contributed by atoms with Crippen LogP contribution in [0.4, 0.5) is 0 Å². The molecule has 0 amide bonds. The average Bonchev–Trinajstić information content (AvgIpc) is 3.26. The highest BCUT2D eigenvalue weighted by molar-refractivity contribution is 5.86. The number of hydrogen-bond donors (Lipinski definition) is 1. The molecule has 1 aliphatic carbocycles. The molecule has 2 aromatic heterocycles. The smallest absolute Gasteiger partial charge is 0.294 e. The van der Waals surface area contributed by atoms with Gasteiger partial charge in [0, 0.05) is 17.5 Å². The molecule has 24 heavy (non-hydrogen) atoms. The van der Waals surface area contributed by atoms with E-state index in [4.69, 9.17) is 14.7 Å². The maximum absolute atomic E-state index is 6.44. The molecule has 0 bridgehead atoms. The Bertz CT molecular complexity index is 859. The van der Waals surface area contributed by atoms with E-state index in [0.717, 1.165) is 48.8 Å². The molecule has 0 radical (unpaired) electrons. The molecule has 3 aromatic rings. The summed E-state index contributed by atoms with van der Waals surface area (Å²) in [5, 5.41) is 5.23. The van der Waals surface area contributed by atoms with Crippen LogP contribution in [0.2, 0.25) is 0 Å². The van der Waals surface area contributed by atoms with Crippen molar-refractivity contribution in [3.8, 4) is 11.7 Å². The van der Waals surface area contributed by atoms with Gasteiger partial charge in [-0.1, -0.05) is 36.2 Å². The summed E-state index contributed by atoms with van der Waals surface area (Å²) in [6, 6.07) is 7.98. The van der Waals surface area contributed by atoms with E-state index in [1.165, 1.54) is 0 Å².